The molecule has 2 rings (SSSR count). The van der Waals surface area contributed by atoms with Gasteiger partial charge in [0.15, 0.2) is 0 Å². The number of benzene rings is 2. The average Bonchev–Trinajstić information content (AvgIpc) is 2.53. The third kappa shape index (κ3) is 3.48. The maximum Gasteiger partial charge on any atom is 0.216 e. The molecule has 0 aliphatic heterocycles. The van der Waals surface area contributed by atoms with Crippen LogP contribution in [-0.2, 0) is 9.84 Å². The lowest BCUT2D eigenvalue weighted by Crippen LogP contribution is -2.03. The van der Waals surface area contributed by atoms with Gasteiger partial charge >= 0.3 is 0 Å². The van der Waals surface area contributed by atoms with Crippen molar-refractivity contribution in [2.24, 2.45) is 0 Å². The molecule has 0 atom stereocenters. The first-order valence-corrected chi connectivity index (χ1v) is 8.10. The third-order valence-corrected chi connectivity index (χ3v) is 4.85. The number of hydrogen-bond acceptors (Lipinski definition) is 4. The SMILES string of the molecule is COc1cccc(C=C(C#N)S(=O)(=O)c2ccc(Cl)cc2)c1. The van der Waals surface area contributed by atoms with Crippen molar-refractivity contribution >= 4 is 27.5 Å². The summed E-state index contributed by atoms with van der Waals surface area (Å²) in [4.78, 5) is -0.323. The average molecular weight is 334 g/mol. The number of nitrogens with zero attached hydrogens (tertiary/aromatic N) is 1. The summed E-state index contributed by atoms with van der Waals surface area (Å²) < 4.78 is 30.0. The monoisotopic (exact) mass is 333 g/mol. The van der Waals surface area contributed by atoms with Crippen LogP contribution in [0.15, 0.2) is 58.3 Å². The minimum Gasteiger partial charge on any atom is -0.497 e. The summed E-state index contributed by atoms with van der Waals surface area (Å²) in [5.74, 6) is 0.579. The summed E-state index contributed by atoms with van der Waals surface area (Å²) in [7, 11) is -2.37. The molecule has 0 saturated carbocycles. The molecule has 22 heavy (non-hydrogen) atoms. The molecule has 0 amide bonds. The zero-order valence-corrected chi connectivity index (χ0v) is 13.2. The van der Waals surface area contributed by atoms with Crippen LogP contribution in [0.3, 0.4) is 0 Å². The first-order valence-electron chi connectivity index (χ1n) is 6.24. The molecule has 0 radical (unpaired) electrons. The highest BCUT2D eigenvalue weighted by atomic mass is 35.5. The number of methoxy groups -OCH3 is 1. The molecule has 0 bridgehead atoms. The van der Waals surface area contributed by atoms with Crippen LogP contribution in [0.25, 0.3) is 6.08 Å². The molecule has 2 aromatic carbocycles. The lowest BCUT2D eigenvalue weighted by molar-refractivity contribution is 0.414. The van der Waals surface area contributed by atoms with Crippen molar-refractivity contribution in [3.05, 3.63) is 64.0 Å². The summed E-state index contributed by atoms with van der Waals surface area (Å²) in [5.41, 5.74) is 0.563. The van der Waals surface area contributed by atoms with E-state index < -0.39 is 9.84 Å². The van der Waals surface area contributed by atoms with Crippen LogP contribution in [0.2, 0.25) is 5.02 Å². The Morgan fingerprint density at radius 3 is 2.50 bits per heavy atom. The van der Waals surface area contributed by atoms with Crippen molar-refractivity contribution in [3.8, 4) is 11.8 Å². The number of nitriles is 1. The zero-order chi connectivity index (χ0) is 16.2. The van der Waals surface area contributed by atoms with Crippen LogP contribution in [0.5, 0.6) is 5.75 Å². The third-order valence-electron chi connectivity index (χ3n) is 2.92. The molecule has 6 heteroatoms. The van der Waals surface area contributed by atoms with E-state index in [2.05, 4.69) is 0 Å². The van der Waals surface area contributed by atoms with E-state index in [0.717, 1.165) is 0 Å². The van der Waals surface area contributed by atoms with E-state index in [1.807, 2.05) is 0 Å². The van der Waals surface area contributed by atoms with E-state index in [-0.39, 0.29) is 9.80 Å². The smallest absolute Gasteiger partial charge is 0.216 e. The molecule has 0 aliphatic carbocycles. The molecule has 112 valence electrons. The summed E-state index contributed by atoms with van der Waals surface area (Å²) >= 11 is 5.75. The highest BCUT2D eigenvalue weighted by Crippen LogP contribution is 2.23. The number of hydrogen-bond donors (Lipinski definition) is 0. The van der Waals surface area contributed by atoms with Crippen molar-refractivity contribution in [1.82, 2.24) is 0 Å². The summed E-state index contributed by atoms with van der Waals surface area (Å²) in [6, 6.07) is 14.2. The van der Waals surface area contributed by atoms with Crippen LogP contribution in [0.4, 0.5) is 0 Å². The molecule has 0 spiro atoms. The second-order valence-corrected chi connectivity index (χ2v) is 6.71. The van der Waals surface area contributed by atoms with Gasteiger partial charge in [0.1, 0.15) is 16.7 Å². The number of rotatable bonds is 4. The Labute approximate surface area is 134 Å². The van der Waals surface area contributed by atoms with Crippen LogP contribution < -0.4 is 4.74 Å². The van der Waals surface area contributed by atoms with Crippen LogP contribution >= 0.6 is 11.6 Å². The van der Waals surface area contributed by atoms with Crippen LogP contribution in [-0.4, -0.2) is 15.5 Å². The van der Waals surface area contributed by atoms with Crippen molar-refractivity contribution in [3.63, 3.8) is 0 Å². The maximum atomic E-state index is 12.5. The molecular formula is C16H12ClNO3S. The second-order valence-electron chi connectivity index (χ2n) is 4.35. The topological polar surface area (TPSA) is 67.2 Å². The number of sulfone groups is 1. The molecule has 0 unspecified atom stereocenters. The number of allylic oxidation sites excluding steroid dienone is 1. The number of halogens is 1. The highest BCUT2D eigenvalue weighted by Gasteiger charge is 2.20. The maximum absolute atomic E-state index is 12.5. The summed E-state index contributed by atoms with van der Waals surface area (Å²) in [5, 5.41) is 9.64. The van der Waals surface area contributed by atoms with Gasteiger partial charge in [0.05, 0.1) is 12.0 Å². The Bertz CT molecular complexity index is 850. The molecule has 0 aliphatic rings. The van der Waals surface area contributed by atoms with Crippen molar-refractivity contribution in [2.45, 2.75) is 4.90 Å². The first-order chi connectivity index (χ1) is 10.5. The van der Waals surface area contributed by atoms with E-state index in [1.165, 1.54) is 37.5 Å². The fourth-order valence-electron chi connectivity index (χ4n) is 1.79. The fourth-order valence-corrected chi connectivity index (χ4v) is 3.08. The Balaban J connectivity index is 2.48. The summed E-state index contributed by atoms with van der Waals surface area (Å²) in [6.07, 6.45) is 1.31. The van der Waals surface area contributed by atoms with Gasteiger partial charge in [-0.15, -0.1) is 0 Å². The molecule has 4 nitrogen and oxygen atoms in total. The normalized spacial score (nSPS) is 11.8. The van der Waals surface area contributed by atoms with Gasteiger partial charge in [0.2, 0.25) is 9.84 Å². The van der Waals surface area contributed by atoms with Crippen molar-refractivity contribution < 1.29 is 13.2 Å². The van der Waals surface area contributed by atoms with Gasteiger partial charge in [-0.3, -0.25) is 0 Å². The number of ether oxygens (including phenoxy) is 1. The Morgan fingerprint density at radius 1 is 1.23 bits per heavy atom. The van der Waals surface area contributed by atoms with Gasteiger partial charge in [-0.05, 0) is 48.0 Å². The van der Waals surface area contributed by atoms with Gasteiger partial charge < -0.3 is 4.74 Å². The fraction of sp³-hybridized carbons (Fsp3) is 0.0625. The van der Waals surface area contributed by atoms with E-state index >= 15 is 0 Å². The predicted octanol–water partition coefficient (Wildman–Crippen LogP) is 3.69. The van der Waals surface area contributed by atoms with E-state index in [0.29, 0.717) is 16.3 Å². The second kappa shape index (κ2) is 6.65. The molecule has 0 heterocycles. The standard InChI is InChI=1S/C16H12ClNO3S/c1-21-14-4-2-3-12(9-14)10-16(11-18)22(19,20)15-7-5-13(17)6-8-15/h2-10H,1H3. The molecular weight excluding hydrogens is 322 g/mol. The molecule has 0 N–H and O–H groups in total. The molecule has 2 aromatic rings. The quantitative estimate of drug-likeness (QED) is 0.800. The zero-order valence-electron chi connectivity index (χ0n) is 11.7. The van der Waals surface area contributed by atoms with Crippen LogP contribution in [0.1, 0.15) is 5.56 Å². The van der Waals surface area contributed by atoms with Gasteiger partial charge in [0, 0.05) is 5.02 Å². The van der Waals surface area contributed by atoms with Gasteiger partial charge in [-0.1, -0.05) is 23.7 Å². The molecule has 0 fully saturated rings. The Hall–Kier alpha value is -2.29. The lowest BCUT2D eigenvalue weighted by Gasteiger charge is -2.04. The van der Waals surface area contributed by atoms with E-state index in [9.17, 15) is 13.7 Å². The van der Waals surface area contributed by atoms with E-state index in [1.54, 1.807) is 30.3 Å². The lowest BCUT2D eigenvalue weighted by atomic mass is 10.2. The van der Waals surface area contributed by atoms with Gasteiger partial charge in [-0.2, -0.15) is 5.26 Å². The minimum absolute atomic E-state index is 0.0209. The Morgan fingerprint density at radius 2 is 1.91 bits per heavy atom. The van der Waals surface area contributed by atoms with Crippen molar-refractivity contribution in [2.75, 3.05) is 7.11 Å². The summed E-state index contributed by atoms with van der Waals surface area (Å²) in [6.45, 7) is 0. The predicted molar refractivity (Wildman–Crippen MR) is 85.2 cm³/mol. The van der Waals surface area contributed by atoms with Gasteiger partial charge in [-0.25, -0.2) is 8.42 Å². The van der Waals surface area contributed by atoms with Crippen LogP contribution in [0, 0.1) is 11.3 Å². The van der Waals surface area contributed by atoms with E-state index in [4.69, 9.17) is 16.3 Å². The first kappa shape index (κ1) is 16.1. The minimum atomic E-state index is -3.89. The highest BCUT2D eigenvalue weighted by molar-refractivity contribution is 7.95. The molecule has 0 aromatic heterocycles. The Kier molecular flexibility index (Phi) is 4.86. The van der Waals surface area contributed by atoms with Crippen molar-refractivity contribution in [1.29, 1.82) is 5.26 Å². The molecule has 0 saturated heterocycles. The van der Waals surface area contributed by atoms with Gasteiger partial charge in [0.25, 0.3) is 0 Å². The largest absolute Gasteiger partial charge is 0.497 e.